The number of ether oxygens (including phenoxy) is 1. The summed E-state index contributed by atoms with van der Waals surface area (Å²) in [5.41, 5.74) is 0.905. The fraction of sp³-hybridized carbons (Fsp3) is 0.0769. The first-order chi connectivity index (χ1) is 8.56. The Morgan fingerprint density at radius 2 is 1.67 bits per heavy atom. The summed E-state index contributed by atoms with van der Waals surface area (Å²) in [7, 11) is 0. The van der Waals surface area contributed by atoms with Crippen LogP contribution in [0.1, 0.15) is 5.56 Å². The van der Waals surface area contributed by atoms with Crippen molar-refractivity contribution in [1.29, 1.82) is 0 Å². The minimum absolute atomic E-state index is 0.0000977. The molecule has 0 bridgehead atoms. The van der Waals surface area contributed by atoms with Gasteiger partial charge in [-0.3, -0.25) is 0 Å². The van der Waals surface area contributed by atoms with Gasteiger partial charge < -0.3 is 9.84 Å². The van der Waals surface area contributed by atoms with Crippen molar-refractivity contribution in [2.45, 2.75) is 6.61 Å². The molecule has 0 radical (unpaired) electrons. The molecule has 0 spiro atoms. The maximum absolute atomic E-state index is 9.30. The standard InChI is InChI=1S/C13H9Cl3O2/c14-9-3-1-2-8(4-9)7-18-13-11(15)5-10(17)6-12(13)16/h1-6,17H,7H2. The predicted molar refractivity (Wildman–Crippen MR) is 73.9 cm³/mol. The van der Waals surface area contributed by atoms with E-state index in [0.29, 0.717) is 17.4 Å². The van der Waals surface area contributed by atoms with Gasteiger partial charge in [0.05, 0.1) is 10.0 Å². The van der Waals surface area contributed by atoms with E-state index < -0.39 is 0 Å². The fourth-order valence-electron chi connectivity index (χ4n) is 1.47. The molecule has 0 saturated heterocycles. The van der Waals surface area contributed by atoms with Crippen molar-refractivity contribution >= 4 is 34.8 Å². The highest BCUT2D eigenvalue weighted by Gasteiger charge is 2.09. The number of hydrogen-bond donors (Lipinski definition) is 1. The van der Waals surface area contributed by atoms with E-state index >= 15 is 0 Å². The zero-order chi connectivity index (χ0) is 13.1. The van der Waals surface area contributed by atoms with E-state index in [1.807, 2.05) is 12.1 Å². The van der Waals surface area contributed by atoms with Crippen molar-refractivity contribution in [3.05, 3.63) is 57.0 Å². The van der Waals surface area contributed by atoms with Gasteiger partial charge in [0.15, 0.2) is 5.75 Å². The molecule has 94 valence electrons. The number of halogens is 3. The first-order valence-corrected chi connectivity index (χ1v) is 6.25. The van der Waals surface area contributed by atoms with Crippen molar-refractivity contribution in [2.24, 2.45) is 0 Å². The number of hydrogen-bond acceptors (Lipinski definition) is 2. The van der Waals surface area contributed by atoms with E-state index in [1.165, 1.54) is 12.1 Å². The van der Waals surface area contributed by atoms with Crippen LogP contribution in [0.2, 0.25) is 15.1 Å². The molecule has 0 saturated carbocycles. The average molecular weight is 304 g/mol. The highest BCUT2D eigenvalue weighted by molar-refractivity contribution is 6.37. The Morgan fingerprint density at radius 1 is 1.00 bits per heavy atom. The molecule has 0 unspecified atom stereocenters. The molecule has 1 N–H and O–H groups in total. The van der Waals surface area contributed by atoms with Gasteiger partial charge in [0.2, 0.25) is 0 Å². The van der Waals surface area contributed by atoms with Crippen LogP contribution in [0.5, 0.6) is 11.5 Å². The molecular formula is C13H9Cl3O2. The first-order valence-electron chi connectivity index (χ1n) is 5.11. The maximum atomic E-state index is 9.30. The van der Waals surface area contributed by atoms with Crippen molar-refractivity contribution in [3.8, 4) is 11.5 Å². The molecule has 0 aliphatic rings. The first kappa shape index (κ1) is 13.3. The van der Waals surface area contributed by atoms with Crippen molar-refractivity contribution in [3.63, 3.8) is 0 Å². The summed E-state index contributed by atoms with van der Waals surface area (Å²) < 4.78 is 5.53. The van der Waals surface area contributed by atoms with E-state index in [4.69, 9.17) is 39.5 Å². The van der Waals surface area contributed by atoms with Crippen molar-refractivity contribution < 1.29 is 9.84 Å². The van der Waals surface area contributed by atoms with Crippen LogP contribution in [0.4, 0.5) is 0 Å². The van der Waals surface area contributed by atoms with E-state index in [-0.39, 0.29) is 15.8 Å². The number of phenols is 1. The molecule has 2 aromatic carbocycles. The summed E-state index contributed by atoms with van der Waals surface area (Å²) in [5, 5.41) is 10.5. The van der Waals surface area contributed by atoms with Crippen LogP contribution in [-0.2, 0) is 6.61 Å². The number of benzene rings is 2. The highest BCUT2D eigenvalue weighted by Crippen LogP contribution is 2.36. The minimum atomic E-state index is 0.0000977. The lowest BCUT2D eigenvalue weighted by Gasteiger charge is -2.10. The van der Waals surface area contributed by atoms with Crippen LogP contribution in [0.3, 0.4) is 0 Å². The Kier molecular flexibility index (Phi) is 4.23. The summed E-state index contributed by atoms with van der Waals surface area (Å²) in [6.07, 6.45) is 0. The van der Waals surface area contributed by atoms with Crippen LogP contribution in [0.25, 0.3) is 0 Å². The average Bonchev–Trinajstić information content (AvgIpc) is 2.27. The Hall–Kier alpha value is -1.09. The van der Waals surface area contributed by atoms with Gasteiger partial charge in [0.1, 0.15) is 12.4 Å². The minimum Gasteiger partial charge on any atom is -0.508 e. The maximum Gasteiger partial charge on any atom is 0.157 e. The van der Waals surface area contributed by atoms with Crippen LogP contribution in [0.15, 0.2) is 36.4 Å². The third-order valence-corrected chi connectivity index (χ3v) is 3.05. The lowest BCUT2D eigenvalue weighted by Crippen LogP contribution is -1.96. The van der Waals surface area contributed by atoms with Gasteiger partial charge in [-0.15, -0.1) is 0 Å². The molecule has 0 aromatic heterocycles. The van der Waals surface area contributed by atoms with Crippen LogP contribution in [0, 0.1) is 0 Å². The van der Waals surface area contributed by atoms with Gasteiger partial charge in [-0.2, -0.15) is 0 Å². The SMILES string of the molecule is Oc1cc(Cl)c(OCc2cccc(Cl)c2)c(Cl)c1. The molecule has 2 rings (SSSR count). The fourth-order valence-corrected chi connectivity index (χ4v) is 2.26. The summed E-state index contributed by atoms with van der Waals surface area (Å²) in [6, 6.07) is 10.0. The topological polar surface area (TPSA) is 29.5 Å². The Bertz CT molecular complexity index is 547. The summed E-state index contributed by atoms with van der Waals surface area (Å²) in [5.74, 6) is 0.344. The summed E-state index contributed by atoms with van der Waals surface area (Å²) in [4.78, 5) is 0. The van der Waals surface area contributed by atoms with Gasteiger partial charge >= 0.3 is 0 Å². The second-order valence-electron chi connectivity index (χ2n) is 3.66. The van der Waals surface area contributed by atoms with Gasteiger partial charge in [-0.1, -0.05) is 46.9 Å². The highest BCUT2D eigenvalue weighted by atomic mass is 35.5. The van der Waals surface area contributed by atoms with Crippen LogP contribution >= 0.6 is 34.8 Å². The lowest BCUT2D eigenvalue weighted by molar-refractivity contribution is 0.306. The largest absolute Gasteiger partial charge is 0.508 e. The molecule has 0 fully saturated rings. The molecular weight excluding hydrogens is 294 g/mol. The van der Waals surface area contributed by atoms with E-state index in [2.05, 4.69) is 0 Å². The molecule has 0 aliphatic heterocycles. The second kappa shape index (κ2) is 5.70. The lowest BCUT2D eigenvalue weighted by atomic mass is 10.2. The molecule has 5 heteroatoms. The molecule has 0 aliphatic carbocycles. The molecule has 2 aromatic rings. The smallest absolute Gasteiger partial charge is 0.157 e. The molecule has 2 nitrogen and oxygen atoms in total. The molecule has 0 amide bonds. The van der Waals surface area contributed by atoms with Gasteiger partial charge in [0, 0.05) is 17.2 Å². The Morgan fingerprint density at radius 3 is 2.28 bits per heavy atom. The quantitative estimate of drug-likeness (QED) is 0.871. The third kappa shape index (κ3) is 3.22. The second-order valence-corrected chi connectivity index (χ2v) is 4.91. The van der Waals surface area contributed by atoms with E-state index in [9.17, 15) is 5.11 Å². The molecule has 0 atom stereocenters. The van der Waals surface area contributed by atoms with E-state index in [0.717, 1.165) is 5.56 Å². The predicted octanol–water partition coefficient (Wildman–Crippen LogP) is 4.93. The third-order valence-electron chi connectivity index (χ3n) is 2.26. The van der Waals surface area contributed by atoms with E-state index in [1.54, 1.807) is 12.1 Å². The monoisotopic (exact) mass is 302 g/mol. The van der Waals surface area contributed by atoms with Crippen molar-refractivity contribution in [2.75, 3.05) is 0 Å². The van der Waals surface area contributed by atoms with Crippen LogP contribution < -0.4 is 4.74 Å². The summed E-state index contributed by atoms with van der Waals surface area (Å²) >= 11 is 17.7. The molecule has 18 heavy (non-hydrogen) atoms. The number of rotatable bonds is 3. The molecule has 0 heterocycles. The number of aromatic hydroxyl groups is 1. The van der Waals surface area contributed by atoms with Gasteiger partial charge in [-0.05, 0) is 17.7 Å². The normalized spacial score (nSPS) is 10.4. The zero-order valence-corrected chi connectivity index (χ0v) is 11.4. The Balaban J connectivity index is 2.16. The van der Waals surface area contributed by atoms with Gasteiger partial charge in [-0.25, -0.2) is 0 Å². The van der Waals surface area contributed by atoms with Gasteiger partial charge in [0.25, 0.3) is 0 Å². The number of phenolic OH excluding ortho intramolecular Hbond substituents is 1. The zero-order valence-electron chi connectivity index (χ0n) is 9.16. The summed E-state index contributed by atoms with van der Waals surface area (Å²) in [6.45, 7) is 0.296. The Labute approximate surface area is 120 Å². The van der Waals surface area contributed by atoms with Crippen molar-refractivity contribution in [1.82, 2.24) is 0 Å². The van der Waals surface area contributed by atoms with Crippen LogP contribution in [-0.4, -0.2) is 5.11 Å².